The highest BCUT2D eigenvalue weighted by Gasteiger charge is 2.15. The summed E-state index contributed by atoms with van der Waals surface area (Å²) in [6, 6.07) is 11.4. The first-order chi connectivity index (χ1) is 9.61. The fraction of sp³-hybridized carbons (Fsp3) is 0.188. The van der Waals surface area contributed by atoms with Gasteiger partial charge in [-0.2, -0.15) is 0 Å². The molecule has 0 saturated carbocycles. The number of anilines is 1. The number of hydrogen-bond donors (Lipinski definition) is 1. The zero-order chi connectivity index (χ0) is 14.5. The van der Waals surface area contributed by atoms with E-state index in [9.17, 15) is 4.79 Å². The van der Waals surface area contributed by atoms with Gasteiger partial charge in [-0.15, -0.1) is 11.3 Å². The van der Waals surface area contributed by atoms with Gasteiger partial charge >= 0.3 is 0 Å². The van der Waals surface area contributed by atoms with Crippen LogP contribution in [-0.4, -0.2) is 24.7 Å². The lowest BCUT2D eigenvalue weighted by Gasteiger charge is -2.16. The minimum atomic E-state index is -0.176. The van der Waals surface area contributed by atoms with Crippen molar-refractivity contribution in [2.24, 2.45) is 0 Å². The van der Waals surface area contributed by atoms with E-state index in [1.54, 1.807) is 24.1 Å². The summed E-state index contributed by atoms with van der Waals surface area (Å²) in [5.74, 6) is 5.32. The molecule has 1 aromatic carbocycles. The summed E-state index contributed by atoms with van der Waals surface area (Å²) in [4.78, 5) is 15.4. The molecule has 0 radical (unpaired) electrons. The predicted octanol–water partition coefficient (Wildman–Crippen LogP) is 2.68. The number of aliphatic hydroxyl groups excluding tert-OH is 1. The molecule has 1 amide bonds. The van der Waals surface area contributed by atoms with Gasteiger partial charge in [-0.25, -0.2) is 0 Å². The van der Waals surface area contributed by atoms with E-state index in [1.807, 2.05) is 31.2 Å². The average Bonchev–Trinajstić information content (AvgIpc) is 2.92. The molecule has 0 aliphatic carbocycles. The quantitative estimate of drug-likeness (QED) is 0.862. The van der Waals surface area contributed by atoms with E-state index >= 15 is 0 Å². The summed E-state index contributed by atoms with van der Waals surface area (Å²) < 4.78 is 0. The Kier molecular flexibility index (Phi) is 4.57. The zero-order valence-electron chi connectivity index (χ0n) is 11.4. The largest absolute Gasteiger partial charge is 0.384 e. The van der Waals surface area contributed by atoms with E-state index in [0.717, 1.165) is 16.1 Å². The number of aliphatic hydroxyl groups is 1. The Hall–Kier alpha value is -2.09. The number of aryl methyl sites for hydroxylation is 1. The minimum Gasteiger partial charge on any atom is -0.384 e. The first kappa shape index (κ1) is 14.3. The van der Waals surface area contributed by atoms with Crippen molar-refractivity contribution in [1.29, 1.82) is 0 Å². The van der Waals surface area contributed by atoms with Crippen LogP contribution < -0.4 is 4.90 Å². The highest BCUT2D eigenvalue weighted by atomic mass is 32.1. The maximum Gasteiger partial charge on any atom is 0.268 e. The molecular formula is C16H15NO2S. The van der Waals surface area contributed by atoms with Crippen molar-refractivity contribution < 1.29 is 9.90 Å². The van der Waals surface area contributed by atoms with Gasteiger partial charge in [-0.05, 0) is 36.8 Å². The third kappa shape index (κ3) is 3.27. The van der Waals surface area contributed by atoms with Crippen LogP contribution in [0.25, 0.3) is 0 Å². The van der Waals surface area contributed by atoms with Gasteiger partial charge in [0, 0.05) is 12.7 Å². The fourth-order valence-electron chi connectivity index (χ4n) is 1.77. The molecule has 0 aliphatic rings. The third-order valence-electron chi connectivity index (χ3n) is 2.80. The Balaban J connectivity index is 2.20. The van der Waals surface area contributed by atoms with Crippen LogP contribution in [0.5, 0.6) is 0 Å². The van der Waals surface area contributed by atoms with E-state index in [4.69, 9.17) is 5.11 Å². The number of amides is 1. The summed E-state index contributed by atoms with van der Waals surface area (Å²) in [5, 5.41) is 8.66. The maximum atomic E-state index is 12.4. The van der Waals surface area contributed by atoms with Crippen LogP contribution in [-0.2, 0) is 0 Å². The average molecular weight is 285 g/mol. The molecule has 0 fully saturated rings. The number of thiophene rings is 1. The second-order valence-corrected chi connectivity index (χ2v) is 5.41. The molecule has 4 heteroatoms. The second-order valence-electron chi connectivity index (χ2n) is 4.33. The van der Waals surface area contributed by atoms with E-state index in [-0.39, 0.29) is 12.5 Å². The number of carbonyl (C=O) groups is 1. The smallest absolute Gasteiger partial charge is 0.268 e. The van der Waals surface area contributed by atoms with Gasteiger partial charge in [-0.1, -0.05) is 24.0 Å². The molecule has 0 saturated heterocycles. The van der Waals surface area contributed by atoms with Gasteiger partial charge in [0.05, 0.1) is 9.75 Å². The first-order valence-electron chi connectivity index (χ1n) is 6.16. The lowest BCUT2D eigenvalue weighted by atomic mass is 10.2. The summed E-state index contributed by atoms with van der Waals surface area (Å²) in [6.45, 7) is 1.82. The monoisotopic (exact) mass is 285 g/mol. The fourth-order valence-corrected chi connectivity index (χ4v) is 2.62. The van der Waals surface area contributed by atoms with Gasteiger partial charge < -0.3 is 10.0 Å². The molecule has 1 heterocycles. The van der Waals surface area contributed by atoms with E-state index < -0.39 is 0 Å². The van der Waals surface area contributed by atoms with Crippen LogP contribution in [0.15, 0.2) is 36.4 Å². The zero-order valence-corrected chi connectivity index (χ0v) is 12.2. The van der Waals surface area contributed by atoms with Crippen LogP contribution in [0, 0.1) is 18.8 Å². The van der Waals surface area contributed by atoms with Gasteiger partial charge in [0.25, 0.3) is 5.91 Å². The molecular weight excluding hydrogens is 270 g/mol. The topological polar surface area (TPSA) is 40.5 Å². The lowest BCUT2D eigenvalue weighted by Crippen LogP contribution is -2.25. The number of rotatable bonds is 2. The van der Waals surface area contributed by atoms with E-state index in [0.29, 0.717) is 4.88 Å². The standard InChI is InChI=1S/C16H15NO2S/c1-12-5-3-6-13(11-12)17(2)16(19)15-9-8-14(20-15)7-4-10-18/h3,5-6,8-9,11,18H,10H2,1-2H3. The first-order valence-corrected chi connectivity index (χ1v) is 6.98. The molecule has 0 aliphatic heterocycles. The van der Waals surface area contributed by atoms with Crippen molar-refractivity contribution in [2.45, 2.75) is 6.92 Å². The van der Waals surface area contributed by atoms with Gasteiger partial charge in [0.1, 0.15) is 6.61 Å². The normalized spacial score (nSPS) is 9.75. The van der Waals surface area contributed by atoms with Gasteiger partial charge in [0.15, 0.2) is 0 Å². The molecule has 20 heavy (non-hydrogen) atoms. The van der Waals surface area contributed by atoms with Crippen molar-refractivity contribution >= 4 is 22.9 Å². The van der Waals surface area contributed by atoms with Crippen LogP contribution in [0.4, 0.5) is 5.69 Å². The molecule has 1 N–H and O–H groups in total. The predicted molar refractivity (Wildman–Crippen MR) is 82.2 cm³/mol. The van der Waals surface area contributed by atoms with Crippen molar-refractivity contribution in [3.63, 3.8) is 0 Å². The number of carbonyl (C=O) groups excluding carboxylic acids is 1. The van der Waals surface area contributed by atoms with Crippen LogP contribution >= 0.6 is 11.3 Å². The van der Waals surface area contributed by atoms with E-state index in [1.165, 1.54) is 11.3 Å². The van der Waals surface area contributed by atoms with E-state index in [2.05, 4.69) is 11.8 Å². The van der Waals surface area contributed by atoms with Crippen LogP contribution in [0.1, 0.15) is 20.1 Å². The SMILES string of the molecule is Cc1cccc(N(C)C(=O)c2ccc(C#CCO)s2)c1. The lowest BCUT2D eigenvalue weighted by molar-refractivity contribution is 0.0997. The van der Waals surface area contributed by atoms with Crippen molar-refractivity contribution in [2.75, 3.05) is 18.6 Å². The van der Waals surface area contributed by atoms with Gasteiger partial charge in [-0.3, -0.25) is 4.79 Å². The molecule has 102 valence electrons. The third-order valence-corrected chi connectivity index (χ3v) is 3.79. The maximum absolute atomic E-state index is 12.4. The highest BCUT2D eigenvalue weighted by molar-refractivity contribution is 7.14. The number of nitrogens with zero attached hydrogens (tertiary/aromatic N) is 1. The summed E-state index contributed by atoms with van der Waals surface area (Å²) in [7, 11) is 1.76. The summed E-state index contributed by atoms with van der Waals surface area (Å²) in [6.07, 6.45) is 0. The van der Waals surface area contributed by atoms with Crippen LogP contribution in [0.2, 0.25) is 0 Å². The van der Waals surface area contributed by atoms with Gasteiger partial charge in [0.2, 0.25) is 0 Å². The molecule has 0 atom stereocenters. The summed E-state index contributed by atoms with van der Waals surface area (Å²) >= 11 is 1.33. The molecule has 0 bridgehead atoms. The Morgan fingerprint density at radius 3 is 2.85 bits per heavy atom. The van der Waals surface area contributed by atoms with Crippen molar-refractivity contribution in [1.82, 2.24) is 0 Å². The second kappa shape index (κ2) is 6.38. The van der Waals surface area contributed by atoms with Crippen molar-refractivity contribution in [3.8, 4) is 11.8 Å². The van der Waals surface area contributed by atoms with Crippen molar-refractivity contribution in [3.05, 3.63) is 51.7 Å². The molecule has 0 spiro atoms. The summed E-state index contributed by atoms with van der Waals surface area (Å²) in [5.41, 5.74) is 1.98. The Morgan fingerprint density at radius 1 is 1.35 bits per heavy atom. The molecule has 2 rings (SSSR count). The Labute approximate surface area is 122 Å². The Bertz CT molecular complexity index is 679. The number of hydrogen-bond acceptors (Lipinski definition) is 3. The highest BCUT2D eigenvalue weighted by Crippen LogP contribution is 2.21. The Morgan fingerprint density at radius 2 is 2.15 bits per heavy atom. The molecule has 0 unspecified atom stereocenters. The number of benzene rings is 1. The minimum absolute atomic E-state index is 0.0577. The molecule has 2 aromatic rings. The molecule has 3 nitrogen and oxygen atoms in total. The molecule has 1 aromatic heterocycles. The van der Waals surface area contributed by atoms with Crippen LogP contribution in [0.3, 0.4) is 0 Å².